The van der Waals surface area contributed by atoms with Crippen molar-refractivity contribution in [1.29, 1.82) is 5.41 Å². The second-order valence-electron chi connectivity index (χ2n) is 7.23. The van der Waals surface area contributed by atoms with Crippen LogP contribution in [0.3, 0.4) is 0 Å². The minimum atomic E-state index is -0.462. The van der Waals surface area contributed by atoms with Crippen LogP contribution in [0.2, 0.25) is 0 Å². The topological polar surface area (TPSA) is 97.6 Å². The van der Waals surface area contributed by atoms with Gasteiger partial charge in [0.15, 0.2) is 0 Å². The van der Waals surface area contributed by atoms with Crippen LogP contribution in [0.1, 0.15) is 22.5 Å². The number of aryl methyl sites for hydroxylation is 1. The van der Waals surface area contributed by atoms with Crippen molar-refractivity contribution in [3.63, 3.8) is 0 Å². The molecule has 2 fully saturated rings. The number of carbonyl (C=O) groups is 1. The van der Waals surface area contributed by atoms with Gasteiger partial charge in [-0.1, -0.05) is 0 Å². The number of hydrazone groups is 1. The average Bonchev–Trinajstić information content (AvgIpc) is 2.70. The van der Waals surface area contributed by atoms with Crippen LogP contribution >= 0.6 is 0 Å². The maximum atomic E-state index is 13.7. The highest BCUT2D eigenvalue weighted by Gasteiger charge is 2.45. The second-order valence-corrected chi connectivity index (χ2v) is 7.23. The predicted octanol–water partition coefficient (Wildman–Crippen LogP) is 2.32. The highest BCUT2D eigenvalue weighted by atomic mass is 19.1. The summed E-state index contributed by atoms with van der Waals surface area (Å²) in [7, 11) is 0. The zero-order valence-electron chi connectivity index (χ0n) is 16.0. The molecule has 0 spiro atoms. The number of halogens is 1. The van der Waals surface area contributed by atoms with Crippen molar-refractivity contribution < 1.29 is 9.18 Å². The minimum absolute atomic E-state index is 0.168. The first-order valence-corrected chi connectivity index (χ1v) is 9.49. The standard InChI is InChI=1S/C20H22FN7O/c1-13-19(24-8-7-23-13)28-11-14-4-9-27(12-18(14)28)20(29)16-3-2-15(21)10-17(16)26-25-6-5-22/h2-3,5-8,10,14,18,22,26H,4,9,11-12H2,1H3/b22-5?,25-6-/t14-,18-/m0/s1. The van der Waals surface area contributed by atoms with E-state index in [1.807, 2.05) is 6.92 Å². The molecule has 0 bridgehead atoms. The predicted molar refractivity (Wildman–Crippen MR) is 109 cm³/mol. The number of nitrogens with one attached hydrogen (secondary N) is 2. The molecule has 0 aliphatic carbocycles. The summed E-state index contributed by atoms with van der Waals surface area (Å²) in [5, 5.41) is 10.8. The number of aromatic nitrogens is 2. The van der Waals surface area contributed by atoms with E-state index in [1.54, 1.807) is 17.3 Å². The summed E-state index contributed by atoms with van der Waals surface area (Å²) < 4.78 is 13.7. The Hall–Kier alpha value is -3.36. The maximum absolute atomic E-state index is 13.7. The number of fused-ring (bicyclic) bond motifs is 1. The lowest BCUT2D eigenvalue weighted by molar-refractivity contribution is 0.0591. The lowest BCUT2D eigenvalue weighted by atomic mass is 9.82. The lowest BCUT2D eigenvalue weighted by Crippen LogP contribution is -2.65. The Morgan fingerprint density at radius 3 is 2.97 bits per heavy atom. The summed E-state index contributed by atoms with van der Waals surface area (Å²) in [6.07, 6.45) is 6.50. The van der Waals surface area contributed by atoms with Gasteiger partial charge < -0.3 is 15.2 Å². The summed E-state index contributed by atoms with van der Waals surface area (Å²) in [6, 6.07) is 4.18. The third-order valence-electron chi connectivity index (χ3n) is 5.51. The lowest BCUT2D eigenvalue weighted by Gasteiger charge is -2.54. The van der Waals surface area contributed by atoms with E-state index in [9.17, 15) is 9.18 Å². The molecule has 8 nitrogen and oxygen atoms in total. The number of rotatable bonds is 5. The molecule has 2 aliphatic heterocycles. The molecule has 2 saturated heterocycles. The van der Waals surface area contributed by atoms with Crippen LogP contribution in [0.4, 0.5) is 15.9 Å². The third-order valence-corrected chi connectivity index (χ3v) is 5.51. The fourth-order valence-corrected chi connectivity index (χ4v) is 4.02. The SMILES string of the molecule is Cc1nccnc1N1C[C@@H]2CCN(C(=O)c3ccc(F)cc3N/N=C\C=N)C[C@@H]21. The van der Waals surface area contributed by atoms with Gasteiger partial charge in [0.05, 0.1) is 29.2 Å². The van der Waals surface area contributed by atoms with Crippen LogP contribution in [0.5, 0.6) is 0 Å². The maximum Gasteiger partial charge on any atom is 0.256 e. The van der Waals surface area contributed by atoms with E-state index in [-0.39, 0.29) is 17.6 Å². The average molecular weight is 395 g/mol. The Balaban J connectivity index is 1.52. The molecule has 0 unspecified atom stereocenters. The van der Waals surface area contributed by atoms with Crippen molar-refractivity contribution in [2.75, 3.05) is 30.0 Å². The summed E-state index contributed by atoms with van der Waals surface area (Å²) in [5.41, 5.74) is 4.17. The van der Waals surface area contributed by atoms with Gasteiger partial charge >= 0.3 is 0 Å². The quantitative estimate of drug-likeness (QED) is 0.598. The first-order chi connectivity index (χ1) is 14.1. The van der Waals surface area contributed by atoms with Crippen LogP contribution in [0.25, 0.3) is 0 Å². The van der Waals surface area contributed by atoms with Gasteiger partial charge in [-0.3, -0.25) is 15.2 Å². The molecule has 0 radical (unpaired) electrons. The number of hydrogen-bond acceptors (Lipinski definition) is 7. The smallest absolute Gasteiger partial charge is 0.256 e. The summed E-state index contributed by atoms with van der Waals surface area (Å²) in [4.78, 5) is 26.0. The molecular formula is C20H22FN7O. The fourth-order valence-electron chi connectivity index (χ4n) is 4.02. The van der Waals surface area contributed by atoms with Crippen molar-refractivity contribution in [1.82, 2.24) is 14.9 Å². The molecule has 2 aromatic rings. The summed E-state index contributed by atoms with van der Waals surface area (Å²) >= 11 is 0. The van der Waals surface area contributed by atoms with Gasteiger partial charge in [0, 0.05) is 44.2 Å². The van der Waals surface area contributed by atoms with Gasteiger partial charge in [-0.25, -0.2) is 9.37 Å². The number of amides is 1. The number of piperidine rings is 1. The summed E-state index contributed by atoms with van der Waals surface area (Å²) in [6.45, 7) is 4.11. The van der Waals surface area contributed by atoms with Crippen LogP contribution < -0.4 is 10.3 Å². The van der Waals surface area contributed by atoms with E-state index >= 15 is 0 Å². The van der Waals surface area contributed by atoms with E-state index in [0.29, 0.717) is 24.6 Å². The van der Waals surface area contributed by atoms with Crippen molar-refractivity contribution >= 4 is 29.8 Å². The molecule has 3 heterocycles. The van der Waals surface area contributed by atoms with Crippen molar-refractivity contribution in [3.05, 3.63) is 47.7 Å². The number of carbonyl (C=O) groups excluding carboxylic acids is 1. The molecule has 29 heavy (non-hydrogen) atoms. The fraction of sp³-hybridized carbons (Fsp3) is 0.350. The molecule has 0 saturated carbocycles. The second kappa shape index (κ2) is 7.94. The molecule has 2 N–H and O–H groups in total. The number of nitrogens with zero attached hydrogens (tertiary/aromatic N) is 5. The van der Waals surface area contributed by atoms with E-state index in [4.69, 9.17) is 5.41 Å². The zero-order chi connectivity index (χ0) is 20.4. The Morgan fingerprint density at radius 1 is 1.34 bits per heavy atom. The van der Waals surface area contributed by atoms with E-state index < -0.39 is 5.82 Å². The Bertz CT molecular complexity index is 964. The molecule has 150 valence electrons. The van der Waals surface area contributed by atoms with Crippen LogP contribution in [-0.2, 0) is 0 Å². The number of benzene rings is 1. The molecule has 9 heteroatoms. The molecule has 4 rings (SSSR count). The van der Waals surface area contributed by atoms with Gasteiger partial charge in [-0.2, -0.15) is 5.10 Å². The van der Waals surface area contributed by atoms with Gasteiger partial charge in [0.25, 0.3) is 5.91 Å². The molecule has 2 atom stereocenters. The highest BCUT2D eigenvalue weighted by Crippen LogP contribution is 2.37. The first-order valence-electron chi connectivity index (χ1n) is 9.49. The number of likely N-dealkylation sites (tertiary alicyclic amines) is 1. The van der Waals surface area contributed by atoms with Crippen LogP contribution in [0.15, 0.2) is 35.7 Å². The zero-order valence-corrected chi connectivity index (χ0v) is 16.0. The molecule has 1 aromatic carbocycles. The van der Waals surface area contributed by atoms with Gasteiger partial charge in [0.1, 0.15) is 11.6 Å². The first kappa shape index (κ1) is 19.0. The Morgan fingerprint density at radius 2 is 2.17 bits per heavy atom. The van der Waals surface area contributed by atoms with Crippen LogP contribution in [-0.4, -0.2) is 58.9 Å². The van der Waals surface area contributed by atoms with E-state index in [0.717, 1.165) is 30.7 Å². The third kappa shape index (κ3) is 3.67. The highest BCUT2D eigenvalue weighted by molar-refractivity contribution is 6.14. The Labute approximate surface area is 168 Å². The van der Waals surface area contributed by atoms with Gasteiger partial charge in [-0.05, 0) is 31.5 Å². The van der Waals surface area contributed by atoms with Gasteiger partial charge in [-0.15, -0.1) is 0 Å². The normalized spacial score (nSPS) is 20.9. The van der Waals surface area contributed by atoms with Crippen LogP contribution in [0, 0.1) is 24.1 Å². The molecule has 2 aliphatic rings. The number of hydrogen-bond donors (Lipinski definition) is 2. The van der Waals surface area contributed by atoms with Gasteiger partial charge in [0.2, 0.25) is 0 Å². The summed E-state index contributed by atoms with van der Waals surface area (Å²) in [5.74, 6) is 0.770. The molecule has 1 amide bonds. The molecular weight excluding hydrogens is 373 g/mol. The minimum Gasteiger partial charge on any atom is -0.350 e. The largest absolute Gasteiger partial charge is 0.350 e. The van der Waals surface area contributed by atoms with E-state index in [1.165, 1.54) is 24.4 Å². The van der Waals surface area contributed by atoms with Crippen molar-refractivity contribution in [2.24, 2.45) is 11.0 Å². The van der Waals surface area contributed by atoms with E-state index in [2.05, 4.69) is 25.4 Å². The van der Waals surface area contributed by atoms with Crippen molar-refractivity contribution in [2.45, 2.75) is 19.4 Å². The number of anilines is 2. The molecule has 1 aromatic heterocycles. The Kier molecular flexibility index (Phi) is 5.20. The monoisotopic (exact) mass is 395 g/mol. The van der Waals surface area contributed by atoms with Crippen molar-refractivity contribution in [3.8, 4) is 0 Å².